The SMILES string of the molecule is Cl.Cl.Clc1ccc([C@H](C2CCCCC2)N2CCNCC2)c(Cl)n1. The molecule has 1 aliphatic heterocycles. The maximum Gasteiger partial charge on any atom is 0.135 e. The molecule has 0 unspecified atom stereocenters. The minimum absolute atomic E-state index is 0. The van der Waals surface area contributed by atoms with Gasteiger partial charge in [0.25, 0.3) is 0 Å². The predicted octanol–water partition coefficient (Wildman–Crippen LogP) is 4.76. The zero-order valence-electron chi connectivity index (χ0n) is 13.1. The Balaban J connectivity index is 0.00000132. The maximum absolute atomic E-state index is 6.42. The zero-order chi connectivity index (χ0) is 14.7. The van der Waals surface area contributed by atoms with E-state index >= 15 is 0 Å². The first kappa shape index (κ1) is 21.3. The van der Waals surface area contributed by atoms with Crippen LogP contribution in [0.25, 0.3) is 0 Å². The van der Waals surface area contributed by atoms with Crippen LogP contribution in [0.1, 0.15) is 43.7 Å². The van der Waals surface area contributed by atoms with E-state index in [-0.39, 0.29) is 24.8 Å². The fourth-order valence-electron chi connectivity index (χ4n) is 3.80. The van der Waals surface area contributed by atoms with E-state index in [0.29, 0.717) is 22.3 Å². The van der Waals surface area contributed by atoms with Gasteiger partial charge in [-0.2, -0.15) is 0 Å². The lowest BCUT2D eigenvalue weighted by molar-refractivity contribution is 0.103. The van der Waals surface area contributed by atoms with Gasteiger partial charge in [0, 0.05) is 37.8 Å². The number of hydrogen-bond acceptors (Lipinski definition) is 3. The van der Waals surface area contributed by atoms with Crippen molar-refractivity contribution in [1.82, 2.24) is 15.2 Å². The van der Waals surface area contributed by atoms with E-state index in [1.807, 2.05) is 6.07 Å². The second-order valence-corrected chi connectivity index (χ2v) is 6.89. The van der Waals surface area contributed by atoms with Crippen LogP contribution in [0.2, 0.25) is 10.3 Å². The number of aromatic nitrogens is 1. The Hall–Kier alpha value is 0.230. The second-order valence-electron chi connectivity index (χ2n) is 6.14. The molecule has 3 nitrogen and oxygen atoms in total. The van der Waals surface area contributed by atoms with Crippen LogP contribution < -0.4 is 5.32 Å². The molecule has 7 heteroatoms. The van der Waals surface area contributed by atoms with E-state index < -0.39 is 0 Å². The number of nitrogens with zero attached hydrogens (tertiary/aromatic N) is 2. The molecule has 1 aromatic heterocycles. The van der Waals surface area contributed by atoms with Gasteiger partial charge in [-0.15, -0.1) is 24.8 Å². The number of piperazine rings is 1. The molecule has 2 fully saturated rings. The Kier molecular flexibility index (Phi) is 9.50. The molecule has 23 heavy (non-hydrogen) atoms. The molecule has 132 valence electrons. The van der Waals surface area contributed by atoms with Gasteiger partial charge in [0.05, 0.1) is 0 Å². The Morgan fingerprint density at radius 2 is 1.70 bits per heavy atom. The third-order valence-corrected chi connectivity index (χ3v) is 5.32. The summed E-state index contributed by atoms with van der Waals surface area (Å²) in [7, 11) is 0. The number of nitrogens with one attached hydrogen (secondary N) is 1. The van der Waals surface area contributed by atoms with Gasteiger partial charge in [0.15, 0.2) is 0 Å². The van der Waals surface area contributed by atoms with E-state index in [1.54, 1.807) is 0 Å². The number of rotatable bonds is 3. The zero-order valence-corrected chi connectivity index (χ0v) is 16.3. The van der Waals surface area contributed by atoms with E-state index in [9.17, 15) is 0 Å². The smallest absolute Gasteiger partial charge is 0.135 e. The van der Waals surface area contributed by atoms with Gasteiger partial charge in [0.1, 0.15) is 10.3 Å². The van der Waals surface area contributed by atoms with Crippen molar-refractivity contribution in [3.8, 4) is 0 Å². The van der Waals surface area contributed by atoms with E-state index in [1.165, 1.54) is 32.1 Å². The minimum atomic E-state index is 0. The third kappa shape index (κ3) is 5.35. The first-order valence-corrected chi connectivity index (χ1v) is 8.78. The van der Waals surface area contributed by atoms with Gasteiger partial charge in [-0.1, -0.05) is 48.5 Å². The van der Waals surface area contributed by atoms with E-state index in [0.717, 1.165) is 31.7 Å². The van der Waals surface area contributed by atoms with Crippen molar-refractivity contribution in [3.05, 3.63) is 28.0 Å². The lowest BCUT2D eigenvalue weighted by atomic mass is 9.80. The molecule has 1 aromatic rings. The highest BCUT2D eigenvalue weighted by Crippen LogP contribution is 2.40. The summed E-state index contributed by atoms with van der Waals surface area (Å²) in [5.41, 5.74) is 1.16. The molecule has 1 aliphatic carbocycles. The summed E-state index contributed by atoms with van der Waals surface area (Å²) < 4.78 is 0. The Morgan fingerprint density at radius 1 is 1.04 bits per heavy atom. The maximum atomic E-state index is 6.42. The molecule has 1 saturated heterocycles. The van der Waals surface area contributed by atoms with Crippen LogP contribution in [-0.4, -0.2) is 36.1 Å². The molecule has 0 spiro atoms. The summed E-state index contributed by atoms with van der Waals surface area (Å²) in [6.07, 6.45) is 6.65. The van der Waals surface area contributed by atoms with Gasteiger partial charge in [-0.3, -0.25) is 4.90 Å². The molecular weight excluding hydrogens is 376 g/mol. The summed E-state index contributed by atoms with van der Waals surface area (Å²) in [5, 5.41) is 4.49. The van der Waals surface area contributed by atoms with E-state index in [4.69, 9.17) is 23.2 Å². The average Bonchev–Trinajstić information content (AvgIpc) is 2.52. The molecule has 2 heterocycles. The summed E-state index contributed by atoms with van der Waals surface area (Å²) in [4.78, 5) is 6.86. The largest absolute Gasteiger partial charge is 0.314 e. The molecule has 1 N–H and O–H groups in total. The van der Waals surface area contributed by atoms with Crippen molar-refractivity contribution in [1.29, 1.82) is 0 Å². The van der Waals surface area contributed by atoms with Crippen molar-refractivity contribution in [2.75, 3.05) is 26.2 Å². The molecule has 0 bridgehead atoms. The first-order valence-electron chi connectivity index (χ1n) is 8.02. The van der Waals surface area contributed by atoms with Gasteiger partial charge >= 0.3 is 0 Å². The fraction of sp³-hybridized carbons (Fsp3) is 0.688. The Bertz CT molecular complexity index is 456. The van der Waals surface area contributed by atoms with Crippen LogP contribution in [0, 0.1) is 5.92 Å². The van der Waals surface area contributed by atoms with Crippen LogP contribution in [0.4, 0.5) is 0 Å². The molecule has 0 amide bonds. The normalized spacial score (nSPS) is 21.1. The van der Waals surface area contributed by atoms with Crippen molar-refractivity contribution >= 4 is 48.0 Å². The second kappa shape index (κ2) is 10.3. The third-order valence-electron chi connectivity index (χ3n) is 4.80. The van der Waals surface area contributed by atoms with Crippen molar-refractivity contribution in [2.24, 2.45) is 5.92 Å². The highest BCUT2D eigenvalue weighted by Gasteiger charge is 2.32. The fourth-order valence-corrected chi connectivity index (χ4v) is 4.26. The van der Waals surface area contributed by atoms with Crippen molar-refractivity contribution in [2.45, 2.75) is 38.1 Å². The molecule has 1 atom stereocenters. The van der Waals surface area contributed by atoms with Crippen LogP contribution in [-0.2, 0) is 0 Å². The quantitative estimate of drug-likeness (QED) is 0.741. The highest BCUT2D eigenvalue weighted by molar-refractivity contribution is 6.32. The monoisotopic (exact) mass is 399 g/mol. The molecule has 3 rings (SSSR count). The summed E-state index contributed by atoms with van der Waals surface area (Å²) in [6.45, 7) is 4.28. The topological polar surface area (TPSA) is 28.2 Å². The summed E-state index contributed by atoms with van der Waals surface area (Å²) in [5.74, 6) is 0.692. The Labute approximate surface area is 161 Å². The standard InChI is InChI=1S/C16H23Cl2N3.2ClH/c17-14-7-6-13(16(18)20-14)15(12-4-2-1-3-5-12)21-10-8-19-9-11-21;;/h6-7,12,15,19H,1-5,8-11H2;2*1H/t15-;;/m0../s1. The highest BCUT2D eigenvalue weighted by atomic mass is 35.5. The average molecular weight is 401 g/mol. The molecule has 2 aliphatic rings. The molecule has 0 radical (unpaired) electrons. The van der Waals surface area contributed by atoms with E-state index in [2.05, 4.69) is 21.3 Å². The van der Waals surface area contributed by atoms with Crippen molar-refractivity contribution < 1.29 is 0 Å². The lowest BCUT2D eigenvalue weighted by Gasteiger charge is -2.41. The van der Waals surface area contributed by atoms with Crippen LogP contribution in [0.3, 0.4) is 0 Å². The number of pyridine rings is 1. The Morgan fingerprint density at radius 3 is 2.30 bits per heavy atom. The van der Waals surface area contributed by atoms with Gasteiger partial charge in [0.2, 0.25) is 0 Å². The predicted molar refractivity (Wildman–Crippen MR) is 103 cm³/mol. The van der Waals surface area contributed by atoms with Gasteiger partial charge in [-0.25, -0.2) is 4.98 Å². The number of hydrogen-bond donors (Lipinski definition) is 1. The lowest BCUT2D eigenvalue weighted by Crippen LogP contribution is -2.47. The minimum Gasteiger partial charge on any atom is -0.314 e. The first-order chi connectivity index (χ1) is 10.3. The van der Waals surface area contributed by atoms with Crippen molar-refractivity contribution in [3.63, 3.8) is 0 Å². The van der Waals surface area contributed by atoms with Gasteiger partial charge in [-0.05, 0) is 24.8 Å². The molecule has 0 aromatic carbocycles. The number of halogens is 4. The molecular formula is C16H25Cl4N3. The summed E-state index contributed by atoms with van der Waals surface area (Å²) in [6, 6.07) is 4.35. The van der Waals surface area contributed by atoms with Crippen LogP contribution in [0.15, 0.2) is 12.1 Å². The summed E-state index contributed by atoms with van der Waals surface area (Å²) >= 11 is 12.4. The van der Waals surface area contributed by atoms with Crippen LogP contribution >= 0.6 is 48.0 Å². The van der Waals surface area contributed by atoms with Crippen LogP contribution in [0.5, 0.6) is 0 Å². The van der Waals surface area contributed by atoms with Gasteiger partial charge < -0.3 is 5.32 Å². The molecule has 1 saturated carbocycles.